The minimum absolute atomic E-state index is 0.0176. The standard InChI is InChI=1S/C15H30O3/c1-5-14(6-2)15(16)18-17-12-10-8-7-9-11-13(3)4/h13-14H,5-12H2,1-4H3. The molecule has 0 N–H and O–H groups in total. The maximum absolute atomic E-state index is 11.5. The van der Waals surface area contributed by atoms with Crippen LogP contribution >= 0.6 is 0 Å². The first-order valence-electron chi connectivity index (χ1n) is 7.45. The van der Waals surface area contributed by atoms with Crippen molar-refractivity contribution in [1.82, 2.24) is 0 Å². The van der Waals surface area contributed by atoms with Crippen LogP contribution in [0, 0.1) is 11.8 Å². The van der Waals surface area contributed by atoms with Crippen LogP contribution in [0.2, 0.25) is 0 Å². The largest absolute Gasteiger partial charge is 0.345 e. The van der Waals surface area contributed by atoms with Gasteiger partial charge in [-0.2, -0.15) is 4.89 Å². The van der Waals surface area contributed by atoms with Crippen molar-refractivity contribution in [1.29, 1.82) is 0 Å². The first-order valence-corrected chi connectivity index (χ1v) is 7.45. The Hall–Kier alpha value is -0.570. The molecule has 0 aliphatic rings. The van der Waals surface area contributed by atoms with Gasteiger partial charge in [-0.3, -0.25) is 4.89 Å². The molecule has 0 bridgehead atoms. The van der Waals surface area contributed by atoms with E-state index < -0.39 is 0 Å². The molecule has 3 nitrogen and oxygen atoms in total. The smallest absolute Gasteiger partial charge is 0.298 e. The van der Waals surface area contributed by atoms with E-state index in [1.54, 1.807) is 0 Å². The fourth-order valence-corrected chi connectivity index (χ4v) is 1.86. The average molecular weight is 258 g/mol. The van der Waals surface area contributed by atoms with Crippen molar-refractivity contribution in [3.05, 3.63) is 0 Å². The number of carbonyl (C=O) groups excluding carboxylic acids is 1. The second-order valence-corrected chi connectivity index (χ2v) is 5.33. The van der Waals surface area contributed by atoms with Gasteiger partial charge >= 0.3 is 5.97 Å². The first-order chi connectivity index (χ1) is 8.61. The molecule has 0 aromatic carbocycles. The molecule has 0 aliphatic carbocycles. The van der Waals surface area contributed by atoms with Gasteiger partial charge in [-0.05, 0) is 25.2 Å². The summed E-state index contributed by atoms with van der Waals surface area (Å²) in [6.45, 7) is 9.00. The highest BCUT2D eigenvalue weighted by molar-refractivity contribution is 5.71. The summed E-state index contributed by atoms with van der Waals surface area (Å²) in [5, 5.41) is 0. The molecule has 0 radical (unpaired) electrons. The number of hydrogen-bond acceptors (Lipinski definition) is 3. The zero-order valence-electron chi connectivity index (χ0n) is 12.5. The van der Waals surface area contributed by atoms with E-state index in [4.69, 9.17) is 9.78 Å². The molecule has 0 aliphatic heterocycles. The van der Waals surface area contributed by atoms with Gasteiger partial charge in [0, 0.05) is 0 Å². The van der Waals surface area contributed by atoms with Crippen LogP contribution in [0.1, 0.15) is 72.6 Å². The molecule has 0 atom stereocenters. The van der Waals surface area contributed by atoms with Gasteiger partial charge in [-0.15, -0.1) is 0 Å². The Labute approximate surface area is 112 Å². The molecular weight excluding hydrogens is 228 g/mol. The minimum Gasteiger partial charge on any atom is -0.298 e. The van der Waals surface area contributed by atoms with Crippen LogP contribution in [0.15, 0.2) is 0 Å². The summed E-state index contributed by atoms with van der Waals surface area (Å²) in [5.41, 5.74) is 0. The highest BCUT2D eigenvalue weighted by Gasteiger charge is 2.16. The van der Waals surface area contributed by atoms with Gasteiger partial charge < -0.3 is 0 Å². The van der Waals surface area contributed by atoms with Crippen molar-refractivity contribution in [2.24, 2.45) is 11.8 Å². The molecule has 3 heteroatoms. The van der Waals surface area contributed by atoms with Crippen molar-refractivity contribution >= 4 is 5.97 Å². The molecule has 0 spiro atoms. The Morgan fingerprint density at radius 3 is 2.17 bits per heavy atom. The fourth-order valence-electron chi connectivity index (χ4n) is 1.86. The lowest BCUT2D eigenvalue weighted by atomic mass is 10.0. The van der Waals surface area contributed by atoms with E-state index >= 15 is 0 Å². The van der Waals surface area contributed by atoms with Gasteiger partial charge in [-0.1, -0.05) is 53.4 Å². The van der Waals surface area contributed by atoms with Gasteiger partial charge in [0.15, 0.2) is 0 Å². The molecule has 0 unspecified atom stereocenters. The van der Waals surface area contributed by atoms with E-state index in [1.165, 1.54) is 19.3 Å². The van der Waals surface area contributed by atoms with Gasteiger partial charge in [0.1, 0.15) is 0 Å². The van der Waals surface area contributed by atoms with Crippen LogP contribution in [0.25, 0.3) is 0 Å². The zero-order valence-corrected chi connectivity index (χ0v) is 12.5. The second kappa shape index (κ2) is 11.5. The molecule has 0 heterocycles. The molecule has 0 fully saturated rings. The fraction of sp³-hybridized carbons (Fsp3) is 0.933. The van der Waals surface area contributed by atoms with Gasteiger partial charge in [0.2, 0.25) is 0 Å². The van der Waals surface area contributed by atoms with Gasteiger partial charge in [0.05, 0.1) is 12.5 Å². The lowest BCUT2D eigenvalue weighted by Gasteiger charge is -2.10. The predicted molar refractivity (Wildman–Crippen MR) is 74.0 cm³/mol. The SMILES string of the molecule is CCC(CC)C(=O)OOCCCCCCC(C)C. The van der Waals surface area contributed by atoms with Crippen LogP contribution in [0.4, 0.5) is 0 Å². The van der Waals surface area contributed by atoms with E-state index in [0.29, 0.717) is 6.61 Å². The summed E-state index contributed by atoms with van der Waals surface area (Å²) in [4.78, 5) is 21.2. The summed E-state index contributed by atoms with van der Waals surface area (Å²) in [6, 6.07) is 0. The number of carbonyl (C=O) groups is 1. The Bertz CT molecular complexity index is 198. The molecule has 18 heavy (non-hydrogen) atoms. The van der Waals surface area contributed by atoms with Crippen LogP contribution in [0.3, 0.4) is 0 Å². The summed E-state index contributed by atoms with van der Waals surface area (Å²) in [5.74, 6) is 0.554. The molecule has 0 aromatic rings. The molecule has 108 valence electrons. The zero-order chi connectivity index (χ0) is 13.8. The molecular formula is C15H30O3. The number of rotatable bonds is 11. The van der Waals surface area contributed by atoms with Crippen LogP contribution in [0.5, 0.6) is 0 Å². The third-order valence-electron chi connectivity index (χ3n) is 3.22. The second-order valence-electron chi connectivity index (χ2n) is 5.33. The highest BCUT2D eigenvalue weighted by atomic mass is 17.2. The van der Waals surface area contributed by atoms with Crippen LogP contribution < -0.4 is 0 Å². The molecule has 0 saturated carbocycles. The quantitative estimate of drug-likeness (QED) is 0.311. The number of hydrogen-bond donors (Lipinski definition) is 0. The van der Waals surface area contributed by atoms with Gasteiger partial charge in [-0.25, -0.2) is 4.79 Å². The Kier molecular flexibility index (Phi) is 11.2. The normalized spacial score (nSPS) is 11.2. The summed E-state index contributed by atoms with van der Waals surface area (Å²) >= 11 is 0. The predicted octanol–water partition coefficient (Wildman–Crippen LogP) is 4.50. The minimum atomic E-state index is -0.222. The lowest BCUT2D eigenvalue weighted by molar-refractivity contribution is -0.276. The van der Waals surface area contributed by atoms with Crippen molar-refractivity contribution in [3.8, 4) is 0 Å². The number of unbranched alkanes of at least 4 members (excludes halogenated alkanes) is 3. The maximum Gasteiger partial charge on any atom is 0.345 e. The van der Waals surface area contributed by atoms with E-state index in [9.17, 15) is 4.79 Å². The van der Waals surface area contributed by atoms with Gasteiger partial charge in [0.25, 0.3) is 0 Å². The van der Waals surface area contributed by atoms with Crippen molar-refractivity contribution in [2.75, 3.05) is 6.61 Å². The summed E-state index contributed by atoms with van der Waals surface area (Å²) < 4.78 is 0. The Morgan fingerprint density at radius 2 is 1.61 bits per heavy atom. The van der Waals surface area contributed by atoms with E-state index in [2.05, 4.69) is 13.8 Å². The highest BCUT2D eigenvalue weighted by Crippen LogP contribution is 2.11. The molecule has 0 saturated heterocycles. The molecule has 0 amide bonds. The summed E-state index contributed by atoms with van der Waals surface area (Å²) in [6.07, 6.45) is 7.56. The topological polar surface area (TPSA) is 35.5 Å². The van der Waals surface area contributed by atoms with Crippen LogP contribution in [-0.4, -0.2) is 12.6 Å². The first kappa shape index (κ1) is 17.4. The van der Waals surface area contributed by atoms with E-state index in [1.807, 2.05) is 13.8 Å². The molecule has 0 aromatic heterocycles. The lowest BCUT2D eigenvalue weighted by Crippen LogP contribution is -2.16. The monoisotopic (exact) mass is 258 g/mol. The molecule has 0 rings (SSSR count). The van der Waals surface area contributed by atoms with E-state index in [0.717, 1.165) is 31.6 Å². The van der Waals surface area contributed by atoms with Crippen molar-refractivity contribution in [3.63, 3.8) is 0 Å². The Morgan fingerprint density at radius 1 is 1.00 bits per heavy atom. The maximum atomic E-state index is 11.5. The average Bonchev–Trinajstić information content (AvgIpc) is 2.33. The van der Waals surface area contributed by atoms with Crippen molar-refractivity contribution < 1.29 is 14.6 Å². The summed E-state index contributed by atoms with van der Waals surface area (Å²) in [7, 11) is 0. The van der Waals surface area contributed by atoms with Crippen molar-refractivity contribution in [2.45, 2.75) is 72.6 Å². The Balaban J connectivity index is 3.32. The third-order valence-corrected chi connectivity index (χ3v) is 3.22. The van der Waals surface area contributed by atoms with E-state index in [-0.39, 0.29) is 11.9 Å². The third kappa shape index (κ3) is 9.46. The van der Waals surface area contributed by atoms with Crippen LogP contribution in [-0.2, 0) is 14.6 Å².